The van der Waals surface area contributed by atoms with Crippen LogP contribution in [0.2, 0.25) is 0 Å². The van der Waals surface area contributed by atoms with Gasteiger partial charge in [-0.1, -0.05) is 208 Å². The van der Waals surface area contributed by atoms with Gasteiger partial charge < -0.3 is 0 Å². The Labute approximate surface area is 641 Å². The summed E-state index contributed by atoms with van der Waals surface area (Å²) < 4.78 is 70.0. The highest BCUT2D eigenvalue weighted by Crippen LogP contribution is 2.51. The summed E-state index contributed by atoms with van der Waals surface area (Å²) in [6, 6.07) is 106. The van der Waals surface area contributed by atoms with Crippen LogP contribution in [0, 0.1) is 41.4 Å². The minimum Gasteiger partial charge on any atom is -0.278 e. The van der Waals surface area contributed by atoms with Gasteiger partial charge in [-0.15, -0.1) is 0 Å². The van der Waals surface area contributed by atoms with Crippen LogP contribution in [-0.2, 0) is 5.41 Å². The van der Waals surface area contributed by atoms with Gasteiger partial charge in [0.2, 0.25) is 29.2 Å². The van der Waals surface area contributed by atoms with Crippen molar-refractivity contribution in [3.8, 4) is 67.6 Å². The first-order valence-electron chi connectivity index (χ1n) is 36.9. The first kappa shape index (κ1) is 66.0. The number of nitrogens with zero attached hydrogens (tertiary/aromatic N) is 12. The number of pyridine rings is 1. The number of aromatic nitrogens is 10. The van der Waals surface area contributed by atoms with Crippen molar-refractivity contribution < 1.29 is 17.6 Å². The lowest BCUT2D eigenvalue weighted by Gasteiger charge is -2.22. The van der Waals surface area contributed by atoms with E-state index in [1.807, 2.05) is 103 Å². The van der Waals surface area contributed by atoms with Crippen LogP contribution in [-0.4, -0.2) is 46.8 Å². The second-order valence-corrected chi connectivity index (χ2v) is 28.9. The van der Waals surface area contributed by atoms with Crippen LogP contribution in [0.25, 0.3) is 182 Å². The fourth-order valence-corrected chi connectivity index (χ4v) is 17.1. The molecule has 534 valence electrons. The van der Waals surface area contributed by atoms with Gasteiger partial charge in [-0.2, -0.15) is 19.0 Å². The number of benzene rings is 15. The van der Waals surface area contributed by atoms with E-state index in [9.17, 15) is 18.4 Å². The summed E-state index contributed by atoms with van der Waals surface area (Å²) in [5.74, 6) is -1.01. The number of rotatable bonds is 6. The summed E-state index contributed by atoms with van der Waals surface area (Å²) in [6.07, 6.45) is 0. The number of hydrogen-bond donors (Lipinski definition) is 0. The van der Waals surface area contributed by atoms with Gasteiger partial charge in [-0.05, 0) is 182 Å². The molecule has 22 aromatic rings. The molecule has 113 heavy (non-hydrogen) atoms. The number of hydrogen-bond acceptors (Lipinski definition) is 5. The molecule has 0 radical (unpaired) electrons. The molecule has 0 saturated carbocycles. The number of para-hydroxylation sites is 3. The van der Waals surface area contributed by atoms with E-state index in [0.717, 1.165) is 134 Å². The molecule has 7 aromatic heterocycles. The quantitative estimate of drug-likeness (QED) is 0.0936. The molecule has 1 aliphatic carbocycles. The number of imidazole rings is 6. The second kappa shape index (κ2) is 25.4. The Hall–Kier alpha value is -15.3. The van der Waals surface area contributed by atoms with E-state index in [1.165, 1.54) is 56.8 Å². The van der Waals surface area contributed by atoms with Crippen molar-refractivity contribution >= 4 is 122 Å². The monoisotopic (exact) mass is 1470 g/mol. The van der Waals surface area contributed by atoms with E-state index in [2.05, 4.69) is 227 Å². The second-order valence-electron chi connectivity index (χ2n) is 28.9. The molecule has 0 fully saturated rings. The Morgan fingerprint density at radius 1 is 0.354 bits per heavy atom. The molecule has 16 heteroatoms. The average Bonchev–Trinajstić information content (AvgIpc) is 1.56. The SMILES string of the molecule is Fc1ccc(-c2ccc3nc4n(-c5ccccc5)c5ccc6ccccc6c5n4c3c2)c(F)n1.N#Cc1c(F)ccc(-c2ccc3nc4n(-c5ccccc5)c5ccc6ccccc6c5n4c3c2)c1F.[C-]#[N+]c1ccc2c(c1)C(C)(C)c1cc(-c3ccc4nc5n(-c6ccccc6)c6ccc7ccccc7c6n5c4c3)ccc1-2. The van der Waals surface area contributed by atoms with Gasteiger partial charge in [0.1, 0.15) is 17.4 Å². The van der Waals surface area contributed by atoms with E-state index >= 15 is 4.39 Å². The highest BCUT2D eigenvalue weighted by Gasteiger charge is 2.36. The fourth-order valence-electron chi connectivity index (χ4n) is 17.1. The topological polar surface area (TPSA) is 108 Å². The van der Waals surface area contributed by atoms with Gasteiger partial charge in [-0.25, -0.2) is 28.6 Å². The Balaban J connectivity index is 0.000000108. The molecule has 0 atom stereocenters. The van der Waals surface area contributed by atoms with Crippen LogP contribution < -0.4 is 0 Å². The molecule has 0 amide bonds. The Bertz CT molecular complexity index is 7870. The van der Waals surface area contributed by atoms with E-state index < -0.39 is 29.1 Å². The van der Waals surface area contributed by atoms with Crippen LogP contribution in [0.3, 0.4) is 0 Å². The van der Waals surface area contributed by atoms with E-state index in [1.54, 1.807) is 18.2 Å². The average molecular weight is 1470 g/mol. The van der Waals surface area contributed by atoms with E-state index in [4.69, 9.17) is 21.5 Å². The number of fused-ring (bicyclic) bond motifs is 24. The maximum atomic E-state index is 15.1. The van der Waals surface area contributed by atoms with Crippen molar-refractivity contribution in [2.75, 3.05) is 0 Å². The first-order chi connectivity index (χ1) is 55.4. The number of halogens is 4. The number of nitriles is 1. The Kier molecular flexibility index (Phi) is 14.8. The summed E-state index contributed by atoms with van der Waals surface area (Å²) in [5.41, 5.74) is 23.5. The van der Waals surface area contributed by atoms with Crippen molar-refractivity contribution in [3.63, 3.8) is 0 Å². The molecule has 0 N–H and O–H groups in total. The lowest BCUT2D eigenvalue weighted by molar-refractivity contribution is 0.515. The third-order valence-corrected chi connectivity index (χ3v) is 22.3. The molecule has 0 aliphatic heterocycles. The predicted molar refractivity (Wildman–Crippen MR) is 444 cm³/mol. The van der Waals surface area contributed by atoms with Gasteiger partial charge in [0, 0.05) is 49.8 Å². The minimum absolute atomic E-state index is 0.168. The van der Waals surface area contributed by atoms with Crippen molar-refractivity contribution in [2.24, 2.45) is 0 Å². The third kappa shape index (κ3) is 10.2. The van der Waals surface area contributed by atoms with Crippen LogP contribution in [0.5, 0.6) is 0 Å². The fraction of sp³-hybridized carbons (Fsp3) is 0.0309. The molecule has 7 heterocycles. The van der Waals surface area contributed by atoms with Crippen molar-refractivity contribution in [1.29, 1.82) is 5.26 Å². The molecular formula is C97H58F4N12. The smallest absolute Gasteiger partial charge is 0.223 e. The third-order valence-electron chi connectivity index (χ3n) is 22.3. The summed E-state index contributed by atoms with van der Waals surface area (Å²) >= 11 is 0. The van der Waals surface area contributed by atoms with Crippen LogP contribution >= 0.6 is 0 Å². The predicted octanol–water partition coefficient (Wildman–Crippen LogP) is 24.4. The molecule has 0 bridgehead atoms. The van der Waals surface area contributed by atoms with E-state index in [-0.39, 0.29) is 16.5 Å². The largest absolute Gasteiger partial charge is 0.278 e. The normalized spacial score (nSPS) is 12.4. The van der Waals surface area contributed by atoms with E-state index in [0.29, 0.717) is 16.8 Å². The molecule has 15 aromatic carbocycles. The Morgan fingerprint density at radius 3 is 1.19 bits per heavy atom. The van der Waals surface area contributed by atoms with Gasteiger partial charge in [0.25, 0.3) is 0 Å². The van der Waals surface area contributed by atoms with Gasteiger partial charge in [0.15, 0.2) is 11.5 Å². The Morgan fingerprint density at radius 2 is 0.735 bits per heavy atom. The standard InChI is InChI=1S/C39H26N4.C30H16F2N4.C28H16F2N4/c1-39(2)32-21-25(13-17-30(32)31-18-16-27(40-3)23-33(31)39)26-14-19-34-36(22-26)43-37-29-12-8-7-9-24(29)15-20-35(37)42(38(43)41-34)28-10-5-4-6-11-28;31-24-13-12-21(28(32)23(24)17-33)19-10-14-25-27(16-19)36-29-22-9-5-4-6-18(22)11-15-26(29)35(30(36)34-25)20-7-2-1-3-8-20;29-25-15-12-21(27(30)32-25)18-10-13-22-24(16-18)34-26-20-9-5-4-6-17(20)11-14-23(26)33(28(34)31-22)19-7-2-1-3-8-19/h4-23H,1-2H3;1-16H;1-16H. The first-order valence-corrected chi connectivity index (χ1v) is 36.9. The molecule has 1 aliphatic rings. The van der Waals surface area contributed by atoms with Gasteiger partial charge >= 0.3 is 0 Å². The minimum atomic E-state index is -0.871. The molecule has 0 spiro atoms. The van der Waals surface area contributed by atoms with Gasteiger partial charge in [0.05, 0.1) is 72.8 Å². The van der Waals surface area contributed by atoms with Crippen LogP contribution in [0.1, 0.15) is 30.5 Å². The van der Waals surface area contributed by atoms with Crippen LogP contribution in [0.15, 0.2) is 315 Å². The maximum absolute atomic E-state index is 15.1. The molecule has 12 nitrogen and oxygen atoms in total. The zero-order valence-corrected chi connectivity index (χ0v) is 60.4. The lowest BCUT2D eigenvalue weighted by Crippen LogP contribution is -2.14. The molecular weight excluding hydrogens is 1410 g/mol. The van der Waals surface area contributed by atoms with Crippen LogP contribution in [0.4, 0.5) is 23.2 Å². The molecule has 0 saturated heterocycles. The summed E-state index contributed by atoms with van der Waals surface area (Å²) in [6.45, 7) is 12.0. The highest BCUT2D eigenvalue weighted by molar-refractivity contribution is 6.12. The van der Waals surface area contributed by atoms with Crippen molar-refractivity contribution in [1.82, 2.24) is 46.8 Å². The molecule has 23 rings (SSSR count). The maximum Gasteiger partial charge on any atom is 0.223 e. The summed E-state index contributed by atoms with van der Waals surface area (Å²) in [5, 5.41) is 16.0. The molecule has 0 unspecified atom stereocenters. The zero-order chi connectivity index (χ0) is 76.1. The summed E-state index contributed by atoms with van der Waals surface area (Å²) in [7, 11) is 0. The zero-order valence-electron chi connectivity index (χ0n) is 60.4. The lowest BCUT2D eigenvalue weighted by atomic mass is 9.81. The highest BCUT2D eigenvalue weighted by atomic mass is 19.1. The van der Waals surface area contributed by atoms with Crippen molar-refractivity contribution in [3.05, 3.63) is 367 Å². The summed E-state index contributed by atoms with van der Waals surface area (Å²) in [4.78, 5) is 22.2. The van der Waals surface area contributed by atoms with Crippen molar-refractivity contribution in [2.45, 2.75) is 19.3 Å². The van der Waals surface area contributed by atoms with Gasteiger partial charge in [-0.3, -0.25) is 26.9 Å².